The van der Waals surface area contributed by atoms with Crippen LogP contribution in [0.15, 0.2) is 6.20 Å². The largest absolute Gasteiger partial charge is 0.481 e. The zero-order valence-electron chi connectivity index (χ0n) is 10.2. The lowest BCUT2D eigenvalue weighted by molar-refractivity contribution is -0.147. The van der Waals surface area contributed by atoms with Crippen LogP contribution in [-0.2, 0) is 4.79 Å². The SMILES string of the molecule is CCC(C)(CNC(=O)c1cn[nH]c1C)C(=O)O. The van der Waals surface area contributed by atoms with Gasteiger partial charge in [-0.2, -0.15) is 5.10 Å². The molecule has 0 saturated heterocycles. The third kappa shape index (κ3) is 2.83. The number of carboxylic acid groups (broad SMARTS) is 1. The van der Waals surface area contributed by atoms with Crippen molar-refractivity contribution in [3.63, 3.8) is 0 Å². The van der Waals surface area contributed by atoms with E-state index in [-0.39, 0.29) is 12.5 Å². The number of aliphatic carboxylic acids is 1. The molecule has 0 aromatic carbocycles. The van der Waals surface area contributed by atoms with E-state index in [1.165, 1.54) is 6.20 Å². The second-order valence-corrected chi connectivity index (χ2v) is 4.31. The molecule has 1 unspecified atom stereocenters. The number of aromatic nitrogens is 2. The summed E-state index contributed by atoms with van der Waals surface area (Å²) >= 11 is 0. The fourth-order valence-corrected chi connectivity index (χ4v) is 1.30. The summed E-state index contributed by atoms with van der Waals surface area (Å²) in [5.41, 5.74) is 0.165. The Morgan fingerprint density at radius 2 is 2.24 bits per heavy atom. The summed E-state index contributed by atoms with van der Waals surface area (Å²) in [6, 6.07) is 0. The van der Waals surface area contributed by atoms with Crippen LogP contribution in [0.4, 0.5) is 0 Å². The van der Waals surface area contributed by atoms with Crippen molar-refractivity contribution in [2.75, 3.05) is 6.54 Å². The van der Waals surface area contributed by atoms with Gasteiger partial charge in [-0.3, -0.25) is 14.7 Å². The second-order valence-electron chi connectivity index (χ2n) is 4.31. The van der Waals surface area contributed by atoms with E-state index in [1.807, 2.05) is 0 Å². The molecule has 0 aliphatic heterocycles. The number of H-pyrrole nitrogens is 1. The number of carbonyl (C=O) groups is 2. The number of aromatic amines is 1. The topological polar surface area (TPSA) is 95.1 Å². The Balaban J connectivity index is 2.66. The van der Waals surface area contributed by atoms with Crippen molar-refractivity contribution in [2.24, 2.45) is 5.41 Å². The number of hydrogen-bond acceptors (Lipinski definition) is 3. The molecule has 0 fully saturated rings. The van der Waals surface area contributed by atoms with Crippen LogP contribution in [0.2, 0.25) is 0 Å². The molecule has 1 amide bonds. The summed E-state index contributed by atoms with van der Waals surface area (Å²) in [6.45, 7) is 5.22. The van der Waals surface area contributed by atoms with Gasteiger partial charge >= 0.3 is 5.97 Å². The molecule has 0 saturated carbocycles. The van der Waals surface area contributed by atoms with E-state index in [2.05, 4.69) is 15.5 Å². The molecule has 6 heteroatoms. The molecule has 17 heavy (non-hydrogen) atoms. The first-order chi connectivity index (χ1) is 7.90. The third-order valence-electron chi connectivity index (χ3n) is 3.01. The number of nitrogens with one attached hydrogen (secondary N) is 2. The van der Waals surface area contributed by atoms with Crippen molar-refractivity contribution in [1.82, 2.24) is 15.5 Å². The van der Waals surface area contributed by atoms with Crippen LogP contribution in [0.3, 0.4) is 0 Å². The van der Waals surface area contributed by atoms with Gasteiger partial charge in [0.05, 0.1) is 17.2 Å². The smallest absolute Gasteiger partial charge is 0.311 e. The monoisotopic (exact) mass is 239 g/mol. The van der Waals surface area contributed by atoms with E-state index >= 15 is 0 Å². The van der Waals surface area contributed by atoms with E-state index in [0.717, 1.165) is 0 Å². The molecular formula is C11H17N3O3. The van der Waals surface area contributed by atoms with E-state index in [9.17, 15) is 9.59 Å². The maximum absolute atomic E-state index is 11.7. The van der Waals surface area contributed by atoms with Crippen LogP contribution in [0, 0.1) is 12.3 Å². The van der Waals surface area contributed by atoms with Crippen molar-refractivity contribution >= 4 is 11.9 Å². The van der Waals surface area contributed by atoms with Crippen molar-refractivity contribution in [3.8, 4) is 0 Å². The first-order valence-electron chi connectivity index (χ1n) is 5.42. The lowest BCUT2D eigenvalue weighted by atomic mass is 9.87. The number of carbonyl (C=O) groups excluding carboxylic acids is 1. The summed E-state index contributed by atoms with van der Waals surface area (Å²) in [4.78, 5) is 22.8. The first kappa shape index (κ1) is 13.2. The van der Waals surface area contributed by atoms with Crippen molar-refractivity contribution in [3.05, 3.63) is 17.5 Å². The number of hydrogen-bond donors (Lipinski definition) is 3. The normalized spacial score (nSPS) is 14.1. The minimum atomic E-state index is -0.937. The van der Waals surface area contributed by atoms with Crippen LogP contribution in [0.25, 0.3) is 0 Å². The highest BCUT2D eigenvalue weighted by atomic mass is 16.4. The third-order valence-corrected chi connectivity index (χ3v) is 3.01. The van der Waals surface area contributed by atoms with Crippen molar-refractivity contribution in [2.45, 2.75) is 27.2 Å². The van der Waals surface area contributed by atoms with Gasteiger partial charge in [-0.15, -0.1) is 0 Å². The number of carboxylic acids is 1. The molecule has 0 bridgehead atoms. The van der Waals surface area contributed by atoms with Gasteiger partial charge in [0.1, 0.15) is 0 Å². The van der Waals surface area contributed by atoms with Crippen molar-refractivity contribution in [1.29, 1.82) is 0 Å². The quantitative estimate of drug-likeness (QED) is 0.712. The average Bonchev–Trinajstić information content (AvgIpc) is 2.71. The molecule has 0 spiro atoms. The van der Waals surface area contributed by atoms with Gasteiger partial charge in [-0.1, -0.05) is 6.92 Å². The van der Waals surface area contributed by atoms with E-state index < -0.39 is 11.4 Å². The Bertz CT molecular complexity index is 427. The summed E-state index contributed by atoms with van der Waals surface area (Å²) in [5.74, 6) is -1.22. The van der Waals surface area contributed by atoms with Gasteiger partial charge in [0.2, 0.25) is 0 Å². The minimum absolute atomic E-state index is 0.0995. The zero-order chi connectivity index (χ0) is 13.1. The average molecular weight is 239 g/mol. The van der Waals surface area contributed by atoms with Gasteiger partial charge in [-0.05, 0) is 20.3 Å². The van der Waals surface area contributed by atoms with Crippen molar-refractivity contribution < 1.29 is 14.7 Å². The second kappa shape index (κ2) is 4.99. The van der Waals surface area contributed by atoms with E-state index in [0.29, 0.717) is 17.7 Å². The molecule has 0 radical (unpaired) electrons. The summed E-state index contributed by atoms with van der Waals surface area (Å²) in [6.07, 6.45) is 1.88. The van der Waals surface area contributed by atoms with Crippen LogP contribution >= 0.6 is 0 Å². The van der Waals surface area contributed by atoms with Gasteiger partial charge in [0, 0.05) is 12.2 Å². The molecule has 1 aromatic heterocycles. The maximum Gasteiger partial charge on any atom is 0.311 e. The highest BCUT2D eigenvalue weighted by Crippen LogP contribution is 2.20. The molecule has 1 rings (SSSR count). The van der Waals surface area contributed by atoms with Crippen LogP contribution < -0.4 is 5.32 Å². The van der Waals surface area contributed by atoms with Crippen LogP contribution in [-0.4, -0.2) is 33.7 Å². The molecular weight excluding hydrogens is 222 g/mol. The van der Waals surface area contributed by atoms with E-state index in [1.54, 1.807) is 20.8 Å². The highest BCUT2D eigenvalue weighted by molar-refractivity contribution is 5.95. The Hall–Kier alpha value is -1.85. The summed E-state index contributed by atoms with van der Waals surface area (Å²) in [5, 5.41) is 18.1. The molecule has 6 nitrogen and oxygen atoms in total. The number of amides is 1. The molecule has 1 aromatic rings. The standard InChI is InChI=1S/C11H17N3O3/c1-4-11(3,10(16)17)6-12-9(15)8-5-13-14-7(8)2/h5H,4,6H2,1-3H3,(H,12,15)(H,13,14)(H,16,17). The van der Waals surface area contributed by atoms with Gasteiger partial charge < -0.3 is 10.4 Å². The number of nitrogens with zero attached hydrogens (tertiary/aromatic N) is 1. The summed E-state index contributed by atoms with van der Waals surface area (Å²) < 4.78 is 0. The fraction of sp³-hybridized carbons (Fsp3) is 0.545. The predicted molar refractivity (Wildman–Crippen MR) is 61.7 cm³/mol. The fourth-order valence-electron chi connectivity index (χ4n) is 1.30. The summed E-state index contributed by atoms with van der Waals surface area (Å²) in [7, 11) is 0. The molecule has 94 valence electrons. The molecule has 3 N–H and O–H groups in total. The number of aryl methyl sites for hydroxylation is 1. The molecule has 0 aliphatic carbocycles. The minimum Gasteiger partial charge on any atom is -0.481 e. The van der Waals surface area contributed by atoms with Crippen LogP contribution in [0.1, 0.15) is 36.3 Å². The Morgan fingerprint density at radius 1 is 1.59 bits per heavy atom. The lowest BCUT2D eigenvalue weighted by Gasteiger charge is -2.23. The molecule has 1 heterocycles. The molecule has 0 aliphatic rings. The Morgan fingerprint density at radius 3 is 2.65 bits per heavy atom. The lowest BCUT2D eigenvalue weighted by Crippen LogP contribution is -2.40. The van der Waals surface area contributed by atoms with E-state index in [4.69, 9.17) is 5.11 Å². The first-order valence-corrected chi connectivity index (χ1v) is 5.42. The number of rotatable bonds is 5. The highest BCUT2D eigenvalue weighted by Gasteiger charge is 2.31. The Kier molecular flexibility index (Phi) is 3.88. The maximum atomic E-state index is 11.7. The Labute approximate surface area is 99.4 Å². The zero-order valence-corrected chi connectivity index (χ0v) is 10.2. The predicted octanol–water partition coefficient (Wildman–Crippen LogP) is 0.949. The van der Waals surface area contributed by atoms with Crippen LogP contribution in [0.5, 0.6) is 0 Å². The van der Waals surface area contributed by atoms with Gasteiger partial charge in [0.25, 0.3) is 5.91 Å². The van der Waals surface area contributed by atoms with Gasteiger partial charge in [-0.25, -0.2) is 0 Å². The molecule has 1 atom stereocenters. The van der Waals surface area contributed by atoms with Gasteiger partial charge in [0.15, 0.2) is 0 Å².